The second-order valence-electron chi connectivity index (χ2n) is 29.3. The Hall–Kier alpha value is -2.00. The van der Waals surface area contributed by atoms with E-state index in [9.17, 15) is 0 Å². The van der Waals surface area contributed by atoms with Gasteiger partial charge in [-0.1, -0.05) is 195 Å². The summed E-state index contributed by atoms with van der Waals surface area (Å²) in [6, 6.07) is 22.3. The summed E-state index contributed by atoms with van der Waals surface area (Å²) in [6.45, 7) is 44.9. The average Bonchev–Trinajstić information content (AvgIpc) is 3.79. The third-order valence-corrected chi connectivity index (χ3v) is 31.1. The highest BCUT2D eigenvalue weighted by Crippen LogP contribution is 2.78. The zero-order valence-corrected chi connectivity index (χ0v) is 55.1. The van der Waals surface area contributed by atoms with Gasteiger partial charge in [0.2, 0.25) is 0 Å². The Morgan fingerprint density at radius 2 is 0.526 bits per heavy atom. The van der Waals surface area contributed by atoms with Crippen molar-refractivity contribution in [1.29, 1.82) is 0 Å². The minimum absolute atomic E-state index is 0.00602. The SMILES string of the molecule is CC(C)c1cccc(C(C)C)c1N1C(=PP(P=C2N(c3c(C(C)C)cccc3C(C)C)C(C)(C)CC23CCCCC3)P=C2N(c3c(C(C)C)cccc3C(C)C)C(C)(C)CC23CCCCC3)C2(CCCCC2)CC1(C)C. The molecule has 3 nitrogen and oxygen atoms in total. The van der Waals surface area contributed by atoms with Crippen LogP contribution in [0.5, 0.6) is 0 Å². The molecule has 0 N–H and O–H groups in total. The maximum Gasteiger partial charge on any atom is 0.0577 e. The van der Waals surface area contributed by atoms with Crippen molar-refractivity contribution in [1.82, 2.24) is 0 Å². The van der Waals surface area contributed by atoms with Gasteiger partial charge in [0.15, 0.2) is 0 Å². The topological polar surface area (TPSA) is 9.72 Å². The summed E-state index contributed by atoms with van der Waals surface area (Å²) in [7, 11) is 4.94. The molecule has 3 saturated heterocycles. The Labute approximate surface area is 472 Å². The van der Waals surface area contributed by atoms with Gasteiger partial charge in [0, 0.05) is 49.9 Å². The van der Waals surface area contributed by atoms with Crippen LogP contribution in [0.2, 0.25) is 0 Å². The van der Waals surface area contributed by atoms with Crippen LogP contribution in [0.15, 0.2) is 54.6 Å². The molecule has 6 fully saturated rings. The molecular weight excluding hydrogens is 995 g/mol. The van der Waals surface area contributed by atoms with Crippen LogP contribution in [0, 0.1) is 16.2 Å². The van der Waals surface area contributed by atoms with E-state index in [1.54, 1.807) is 74.1 Å². The number of hydrogen-bond acceptors (Lipinski definition) is 0. The first kappa shape index (κ1) is 58.6. The van der Waals surface area contributed by atoms with Crippen LogP contribution in [-0.2, 0) is 0 Å². The van der Waals surface area contributed by atoms with E-state index in [-0.39, 0.29) is 32.9 Å². The zero-order chi connectivity index (χ0) is 54.9. The van der Waals surface area contributed by atoms with Gasteiger partial charge < -0.3 is 14.7 Å². The Balaban J connectivity index is 1.45. The van der Waals surface area contributed by atoms with Crippen LogP contribution in [0.4, 0.5) is 17.1 Å². The normalized spacial score (nSPS) is 24.8. The van der Waals surface area contributed by atoms with Gasteiger partial charge in [0.1, 0.15) is 0 Å². The third kappa shape index (κ3) is 10.7. The predicted octanol–water partition coefficient (Wildman–Crippen LogP) is 23.1. The standard InChI is InChI=1S/C69H105N3P4/c1-46(2)52-31-28-32-53(47(3)4)58(52)70-61(67(43-64(70,13)14)37-22-19-23-38-67)73-76(74-62-68(39-24-20-25-40-68)44-65(15,16)71(62)59-54(48(5)6)33-29-34-55(59)49(7)8)75-63-69(41-26-21-27-42-69)45-66(17,18)72(63)60-56(50(9)10)35-30-36-57(60)51(11)12/h28-36,46-51H,19-27,37-45H2,1-18H3. The maximum absolute atomic E-state index is 3.11. The molecule has 76 heavy (non-hydrogen) atoms. The van der Waals surface area contributed by atoms with Crippen LogP contribution >= 0.6 is 30.7 Å². The van der Waals surface area contributed by atoms with Crippen LogP contribution in [0.25, 0.3) is 0 Å². The van der Waals surface area contributed by atoms with E-state index < -0.39 is 6.99 Å². The number of benzene rings is 3. The molecular formula is C69H105N3P4. The van der Waals surface area contributed by atoms with Crippen molar-refractivity contribution < 1.29 is 0 Å². The Morgan fingerprint density at radius 3 is 0.711 bits per heavy atom. The van der Waals surface area contributed by atoms with E-state index in [2.05, 4.69) is 194 Å². The quantitative estimate of drug-likeness (QED) is 0.167. The minimum atomic E-state index is -0.691. The van der Waals surface area contributed by atoms with Crippen molar-refractivity contribution in [3.63, 3.8) is 0 Å². The molecule has 6 aliphatic rings. The van der Waals surface area contributed by atoms with Gasteiger partial charge in [-0.3, -0.25) is 0 Å². The molecule has 3 aliphatic carbocycles. The van der Waals surface area contributed by atoms with Crippen molar-refractivity contribution in [3.8, 4) is 0 Å². The second-order valence-corrected chi connectivity index (χ2v) is 40.0. The predicted molar refractivity (Wildman–Crippen MR) is 347 cm³/mol. The van der Waals surface area contributed by atoms with Gasteiger partial charge in [0.05, 0.1) is 23.2 Å². The van der Waals surface area contributed by atoms with Gasteiger partial charge >= 0.3 is 0 Å². The van der Waals surface area contributed by atoms with E-state index in [0.29, 0.717) is 35.5 Å². The molecule has 3 aliphatic heterocycles. The fourth-order valence-corrected chi connectivity index (χ4v) is 30.7. The highest BCUT2D eigenvalue weighted by molar-refractivity contribution is 8.73. The summed E-state index contributed by atoms with van der Waals surface area (Å²) in [5.74, 6) is 2.68. The number of para-hydroxylation sites is 3. The highest BCUT2D eigenvalue weighted by Gasteiger charge is 2.58. The third-order valence-electron chi connectivity index (χ3n) is 19.9. The van der Waals surface area contributed by atoms with Crippen LogP contribution in [0.3, 0.4) is 0 Å². The Morgan fingerprint density at radius 1 is 0.329 bits per heavy atom. The highest BCUT2D eigenvalue weighted by atomic mass is 32.7. The summed E-state index contributed by atoms with van der Waals surface area (Å²) < 4.78 is 0. The lowest BCUT2D eigenvalue weighted by atomic mass is 9.71. The molecule has 0 atom stereocenters. The van der Waals surface area contributed by atoms with Crippen molar-refractivity contribution in [2.75, 3.05) is 14.7 Å². The van der Waals surface area contributed by atoms with Crippen molar-refractivity contribution in [2.24, 2.45) is 16.2 Å². The summed E-state index contributed by atoms with van der Waals surface area (Å²) in [4.78, 5) is 9.32. The van der Waals surface area contributed by atoms with Gasteiger partial charge in [-0.05, 0) is 192 Å². The lowest BCUT2D eigenvalue weighted by Gasteiger charge is -2.42. The maximum atomic E-state index is 3.11. The first-order valence-corrected chi connectivity index (χ1v) is 37.3. The molecule has 416 valence electrons. The van der Waals surface area contributed by atoms with E-state index >= 15 is 0 Å². The number of hydrogen-bond donors (Lipinski definition) is 0. The van der Waals surface area contributed by atoms with Gasteiger partial charge in [0.25, 0.3) is 0 Å². The second kappa shape index (κ2) is 22.4. The van der Waals surface area contributed by atoms with E-state index in [1.807, 2.05) is 16.3 Å². The van der Waals surface area contributed by atoms with Crippen LogP contribution < -0.4 is 14.7 Å². The monoisotopic (exact) mass is 1100 g/mol. The van der Waals surface area contributed by atoms with Crippen LogP contribution in [0.1, 0.15) is 309 Å². The van der Waals surface area contributed by atoms with Gasteiger partial charge in [-0.15, -0.1) is 0 Å². The molecule has 0 amide bonds. The molecule has 3 aromatic rings. The number of anilines is 3. The van der Waals surface area contributed by atoms with E-state index in [0.717, 1.165) is 0 Å². The number of nitrogens with zero attached hydrogens (tertiary/aromatic N) is 3. The van der Waals surface area contributed by atoms with Gasteiger partial charge in [-0.25, -0.2) is 0 Å². The molecule has 0 bridgehead atoms. The fraction of sp³-hybridized carbons (Fsp3) is 0.696. The molecule has 9 rings (SSSR count). The van der Waals surface area contributed by atoms with Crippen molar-refractivity contribution in [3.05, 3.63) is 88.0 Å². The molecule has 0 aromatic heterocycles. The summed E-state index contributed by atoms with van der Waals surface area (Å²) in [6.07, 6.45) is 24.1. The largest absolute Gasteiger partial charge is 0.334 e. The molecule has 7 heteroatoms. The van der Waals surface area contributed by atoms with E-state index in [1.165, 1.54) is 116 Å². The molecule has 3 aromatic carbocycles. The van der Waals surface area contributed by atoms with Crippen molar-refractivity contribution >= 4 is 64.0 Å². The van der Waals surface area contributed by atoms with Crippen LogP contribution in [-0.4, -0.2) is 32.9 Å². The molecule has 3 heterocycles. The summed E-state index contributed by atoms with van der Waals surface area (Å²) >= 11 is 0. The fourth-order valence-electron chi connectivity index (χ4n) is 16.7. The molecule has 0 radical (unpaired) electrons. The molecule has 3 spiro atoms. The number of rotatable bonds is 12. The average molecular weight is 1100 g/mol. The first-order chi connectivity index (χ1) is 35.8. The lowest BCUT2D eigenvalue weighted by molar-refractivity contribution is 0.255. The molecule has 0 unspecified atom stereocenters. The Kier molecular flexibility index (Phi) is 17.3. The zero-order valence-electron chi connectivity index (χ0n) is 51.5. The summed E-state index contributed by atoms with van der Waals surface area (Å²) in [5.41, 5.74) is 20.1. The van der Waals surface area contributed by atoms with Gasteiger partial charge in [-0.2, -0.15) is 0 Å². The van der Waals surface area contributed by atoms with Crippen molar-refractivity contribution in [2.45, 2.75) is 292 Å². The van der Waals surface area contributed by atoms with E-state index in [4.69, 9.17) is 0 Å². The molecule has 3 saturated carbocycles. The smallest absolute Gasteiger partial charge is 0.0577 e. The Bertz CT molecular complexity index is 2290. The summed E-state index contributed by atoms with van der Waals surface area (Å²) in [5, 5.41) is 0. The first-order valence-electron chi connectivity index (χ1n) is 31.2. The lowest BCUT2D eigenvalue weighted by Crippen LogP contribution is -2.43. The minimum Gasteiger partial charge on any atom is -0.334 e.